The Labute approximate surface area is 176 Å². The molecule has 1 amide bonds. The van der Waals surface area contributed by atoms with Crippen LogP contribution in [0.15, 0.2) is 48.5 Å². The Hall–Kier alpha value is -2.64. The van der Waals surface area contributed by atoms with Crippen molar-refractivity contribution in [2.75, 3.05) is 25.1 Å². The van der Waals surface area contributed by atoms with Crippen LogP contribution in [-0.4, -0.2) is 36.9 Å². The molecule has 2 aromatic carbocycles. The Morgan fingerprint density at radius 3 is 2.69 bits per heavy atom. The fourth-order valence-corrected chi connectivity index (χ4v) is 3.13. The molecular formula is C22H26N2O4S. The van der Waals surface area contributed by atoms with Crippen LogP contribution in [-0.2, 0) is 4.74 Å². The summed E-state index contributed by atoms with van der Waals surface area (Å²) in [4.78, 5) is 12.5. The number of hydrogen-bond acceptors (Lipinski definition) is 5. The molecule has 0 radical (unpaired) electrons. The zero-order chi connectivity index (χ0) is 20.5. The Morgan fingerprint density at radius 1 is 1.17 bits per heavy atom. The lowest BCUT2D eigenvalue weighted by molar-refractivity contribution is 0.0679. The standard InChI is InChI=1S/C22H26N2O4S/c1-2-13-27-20-8-4-3-7-19(20)21(25)24-22(29)23-16-9-11-17(12-10-16)28-15-18-6-5-14-26-18/h3-4,7-12,18H,2,5-6,13-15H2,1H3,(H2,23,24,25,29)/t18-/m1/s1. The highest BCUT2D eigenvalue weighted by molar-refractivity contribution is 7.80. The summed E-state index contributed by atoms with van der Waals surface area (Å²) < 4.78 is 16.9. The highest BCUT2D eigenvalue weighted by Gasteiger charge is 2.16. The van der Waals surface area contributed by atoms with Crippen LogP contribution in [0.5, 0.6) is 11.5 Å². The first-order valence-electron chi connectivity index (χ1n) is 9.84. The minimum absolute atomic E-state index is 0.180. The molecule has 0 spiro atoms. The second-order valence-electron chi connectivity index (χ2n) is 6.72. The lowest BCUT2D eigenvalue weighted by Gasteiger charge is -2.14. The van der Waals surface area contributed by atoms with E-state index in [2.05, 4.69) is 10.6 Å². The van der Waals surface area contributed by atoms with Gasteiger partial charge in [0.25, 0.3) is 5.91 Å². The molecule has 1 fully saturated rings. The molecule has 0 saturated carbocycles. The molecule has 1 saturated heterocycles. The molecule has 7 heteroatoms. The first kappa shape index (κ1) is 21.1. The number of benzene rings is 2. The van der Waals surface area contributed by atoms with Crippen molar-refractivity contribution >= 4 is 28.9 Å². The topological polar surface area (TPSA) is 68.8 Å². The van der Waals surface area contributed by atoms with Crippen LogP contribution in [0.3, 0.4) is 0 Å². The van der Waals surface area contributed by atoms with E-state index in [1.54, 1.807) is 18.2 Å². The maximum Gasteiger partial charge on any atom is 0.261 e. The molecule has 2 N–H and O–H groups in total. The molecule has 0 aliphatic carbocycles. The quantitative estimate of drug-likeness (QED) is 0.632. The van der Waals surface area contributed by atoms with Crippen molar-refractivity contribution in [3.8, 4) is 11.5 Å². The third kappa shape index (κ3) is 6.44. The van der Waals surface area contributed by atoms with Gasteiger partial charge in [0.2, 0.25) is 0 Å². The van der Waals surface area contributed by atoms with Crippen LogP contribution in [0.2, 0.25) is 0 Å². The minimum Gasteiger partial charge on any atom is -0.493 e. The second-order valence-corrected chi connectivity index (χ2v) is 7.13. The van der Waals surface area contributed by atoms with Crippen molar-refractivity contribution in [2.24, 2.45) is 0 Å². The molecule has 0 aromatic heterocycles. The van der Waals surface area contributed by atoms with Crippen LogP contribution in [0.1, 0.15) is 36.5 Å². The fraction of sp³-hybridized carbons (Fsp3) is 0.364. The van der Waals surface area contributed by atoms with Crippen LogP contribution in [0.25, 0.3) is 0 Å². The number of thiocarbonyl (C=S) groups is 1. The van der Waals surface area contributed by atoms with E-state index in [0.717, 1.165) is 37.3 Å². The Kier molecular flexibility index (Phi) is 7.84. The zero-order valence-electron chi connectivity index (χ0n) is 16.5. The molecule has 1 heterocycles. The van der Waals surface area contributed by atoms with Crippen molar-refractivity contribution in [1.82, 2.24) is 5.32 Å². The fourth-order valence-electron chi connectivity index (χ4n) is 2.92. The maximum atomic E-state index is 12.5. The third-order valence-corrected chi connectivity index (χ3v) is 4.60. The van der Waals surface area contributed by atoms with E-state index in [4.69, 9.17) is 26.4 Å². The van der Waals surface area contributed by atoms with Gasteiger partial charge in [-0.1, -0.05) is 19.1 Å². The van der Waals surface area contributed by atoms with Gasteiger partial charge in [-0.05, 0) is 67.9 Å². The molecule has 1 atom stereocenters. The number of amides is 1. The first-order chi connectivity index (χ1) is 14.2. The van der Waals surface area contributed by atoms with Crippen molar-refractivity contribution in [2.45, 2.75) is 32.3 Å². The summed E-state index contributed by atoms with van der Waals surface area (Å²) in [6.07, 6.45) is 3.18. The lowest BCUT2D eigenvalue weighted by atomic mass is 10.2. The van der Waals surface area contributed by atoms with Gasteiger partial charge < -0.3 is 19.5 Å². The van der Waals surface area contributed by atoms with Crippen LogP contribution in [0, 0.1) is 0 Å². The average Bonchev–Trinajstić information content (AvgIpc) is 3.25. The summed E-state index contributed by atoms with van der Waals surface area (Å²) in [5, 5.41) is 5.92. The van der Waals surface area contributed by atoms with Gasteiger partial charge in [0, 0.05) is 12.3 Å². The highest BCUT2D eigenvalue weighted by atomic mass is 32.1. The SMILES string of the molecule is CCCOc1ccccc1C(=O)NC(=S)Nc1ccc(OC[C@H]2CCCO2)cc1. The highest BCUT2D eigenvalue weighted by Crippen LogP contribution is 2.20. The van der Waals surface area contributed by atoms with Crippen molar-refractivity contribution in [1.29, 1.82) is 0 Å². The largest absolute Gasteiger partial charge is 0.493 e. The summed E-state index contributed by atoms with van der Waals surface area (Å²) in [7, 11) is 0. The monoisotopic (exact) mass is 414 g/mol. The van der Waals surface area contributed by atoms with Crippen molar-refractivity contribution < 1.29 is 19.0 Å². The van der Waals surface area contributed by atoms with Crippen LogP contribution >= 0.6 is 12.2 Å². The van der Waals surface area contributed by atoms with Gasteiger partial charge in [-0.15, -0.1) is 0 Å². The van der Waals surface area contributed by atoms with E-state index in [-0.39, 0.29) is 17.1 Å². The predicted octanol–water partition coefficient (Wildman–Crippen LogP) is 4.16. The molecular weight excluding hydrogens is 388 g/mol. The van der Waals surface area contributed by atoms with Gasteiger partial charge in [0.1, 0.15) is 18.1 Å². The molecule has 6 nitrogen and oxygen atoms in total. The summed E-state index contributed by atoms with van der Waals surface area (Å²) >= 11 is 5.27. The lowest BCUT2D eigenvalue weighted by Crippen LogP contribution is -2.34. The molecule has 29 heavy (non-hydrogen) atoms. The molecule has 0 bridgehead atoms. The van der Waals surface area contributed by atoms with E-state index in [0.29, 0.717) is 24.5 Å². The van der Waals surface area contributed by atoms with Gasteiger partial charge in [-0.2, -0.15) is 0 Å². The summed E-state index contributed by atoms with van der Waals surface area (Å²) in [5.74, 6) is 0.996. The number of hydrogen-bond donors (Lipinski definition) is 2. The zero-order valence-corrected chi connectivity index (χ0v) is 17.3. The first-order valence-corrected chi connectivity index (χ1v) is 10.2. The summed E-state index contributed by atoms with van der Waals surface area (Å²) in [5.41, 5.74) is 1.21. The van der Waals surface area contributed by atoms with Gasteiger partial charge in [-0.25, -0.2) is 0 Å². The second kappa shape index (κ2) is 10.8. The van der Waals surface area contributed by atoms with Gasteiger partial charge in [0.15, 0.2) is 5.11 Å². The van der Waals surface area contributed by atoms with Gasteiger partial charge >= 0.3 is 0 Å². The van der Waals surface area contributed by atoms with E-state index >= 15 is 0 Å². The van der Waals surface area contributed by atoms with E-state index in [1.165, 1.54) is 0 Å². The molecule has 154 valence electrons. The van der Waals surface area contributed by atoms with Crippen LogP contribution < -0.4 is 20.1 Å². The van der Waals surface area contributed by atoms with Crippen molar-refractivity contribution in [3.05, 3.63) is 54.1 Å². The Balaban J connectivity index is 1.50. The molecule has 1 aliphatic rings. The number of anilines is 1. The molecule has 3 rings (SSSR count). The number of rotatable bonds is 8. The Morgan fingerprint density at radius 2 is 1.97 bits per heavy atom. The predicted molar refractivity (Wildman–Crippen MR) is 117 cm³/mol. The summed E-state index contributed by atoms with van der Waals surface area (Å²) in [6.45, 7) is 3.94. The molecule has 0 unspecified atom stereocenters. The smallest absolute Gasteiger partial charge is 0.261 e. The number of carbonyl (C=O) groups is 1. The van der Waals surface area contributed by atoms with Gasteiger partial charge in [-0.3, -0.25) is 10.1 Å². The minimum atomic E-state index is -0.314. The Bertz CT molecular complexity index is 820. The van der Waals surface area contributed by atoms with E-state index < -0.39 is 0 Å². The number of para-hydroxylation sites is 1. The normalized spacial score (nSPS) is 15.6. The van der Waals surface area contributed by atoms with Gasteiger partial charge in [0.05, 0.1) is 18.3 Å². The van der Waals surface area contributed by atoms with E-state index in [1.807, 2.05) is 37.3 Å². The molecule has 1 aliphatic heterocycles. The average molecular weight is 415 g/mol. The van der Waals surface area contributed by atoms with E-state index in [9.17, 15) is 4.79 Å². The summed E-state index contributed by atoms with van der Waals surface area (Å²) in [6, 6.07) is 14.5. The van der Waals surface area contributed by atoms with Crippen molar-refractivity contribution in [3.63, 3.8) is 0 Å². The number of nitrogens with one attached hydrogen (secondary N) is 2. The third-order valence-electron chi connectivity index (χ3n) is 4.39. The van der Waals surface area contributed by atoms with Crippen LogP contribution in [0.4, 0.5) is 5.69 Å². The number of ether oxygens (including phenoxy) is 3. The maximum absolute atomic E-state index is 12.5. The molecule has 2 aromatic rings. The number of carbonyl (C=O) groups excluding carboxylic acids is 1.